The summed E-state index contributed by atoms with van der Waals surface area (Å²) in [5.74, 6) is 0.399. The van der Waals surface area contributed by atoms with Crippen molar-refractivity contribution in [3.8, 4) is 0 Å². The fourth-order valence-electron chi connectivity index (χ4n) is 1.63. The molecule has 1 saturated heterocycles. The Morgan fingerprint density at radius 1 is 1.75 bits per heavy atom. The number of alkyl halides is 2. The lowest BCUT2D eigenvalue weighted by atomic mass is 9.96. The Bertz CT molecular complexity index is 297. The zero-order chi connectivity index (χ0) is 12.6. The summed E-state index contributed by atoms with van der Waals surface area (Å²) in [5, 5.41) is 10.5. The zero-order valence-corrected chi connectivity index (χ0v) is 13.7. The van der Waals surface area contributed by atoms with Crippen LogP contribution in [-0.4, -0.2) is 33.1 Å². The number of hydrogen-bond donors (Lipinski definition) is 1. The lowest BCUT2D eigenvalue weighted by molar-refractivity contribution is -0.0443. The summed E-state index contributed by atoms with van der Waals surface area (Å²) in [6, 6.07) is 0. The summed E-state index contributed by atoms with van der Waals surface area (Å²) in [5.41, 5.74) is -0.864. The normalized spacial score (nSPS) is 39.8. The minimum Gasteiger partial charge on any atom is -0.390 e. The first-order valence-corrected chi connectivity index (χ1v) is 7.47. The van der Waals surface area contributed by atoms with Crippen molar-refractivity contribution < 1.29 is 9.84 Å². The van der Waals surface area contributed by atoms with Gasteiger partial charge in [-0.05, 0) is 18.8 Å². The first-order valence-electron chi connectivity index (χ1n) is 4.85. The molecule has 2 nitrogen and oxygen atoms in total. The molecule has 94 valence electrons. The Balaban J connectivity index is 2.90. The molecule has 0 amide bonds. The molecule has 1 unspecified atom stereocenters. The molecule has 1 aliphatic heterocycles. The monoisotopic (exact) mass is 394 g/mol. The van der Waals surface area contributed by atoms with Gasteiger partial charge in [-0.15, -0.1) is 11.6 Å². The second-order valence-corrected chi connectivity index (χ2v) is 7.28. The van der Waals surface area contributed by atoms with Crippen LogP contribution in [-0.2, 0) is 4.74 Å². The fraction of sp³-hybridized carbons (Fsp3) is 0.800. The molecule has 0 aromatic heterocycles. The maximum absolute atomic E-state index is 10.0. The summed E-state index contributed by atoms with van der Waals surface area (Å²) in [7, 11) is 0. The summed E-state index contributed by atoms with van der Waals surface area (Å²) >= 11 is 18.6. The summed E-state index contributed by atoms with van der Waals surface area (Å²) in [6.07, 6.45) is -0.313. The van der Waals surface area contributed by atoms with Crippen molar-refractivity contribution in [3.05, 3.63) is 10.0 Å². The number of halogens is 4. The SMILES string of the molecule is CC(Br)(CCl)[C@H]1C[C@H](O)[C@](C)(/C(Cl)=C/Br)O1. The molecule has 0 aliphatic carbocycles. The lowest BCUT2D eigenvalue weighted by Crippen LogP contribution is -2.39. The molecule has 0 saturated carbocycles. The van der Waals surface area contributed by atoms with Gasteiger partial charge in [0.25, 0.3) is 0 Å². The third kappa shape index (κ3) is 2.78. The molecule has 1 fully saturated rings. The second kappa shape index (κ2) is 5.45. The van der Waals surface area contributed by atoms with Gasteiger partial charge in [-0.1, -0.05) is 43.5 Å². The average molecular weight is 397 g/mol. The average Bonchev–Trinajstić information content (AvgIpc) is 2.56. The van der Waals surface area contributed by atoms with Crippen molar-refractivity contribution in [3.63, 3.8) is 0 Å². The molecule has 0 bridgehead atoms. The molecule has 4 atom stereocenters. The van der Waals surface area contributed by atoms with Crippen molar-refractivity contribution in [2.24, 2.45) is 0 Å². The van der Waals surface area contributed by atoms with E-state index in [4.69, 9.17) is 27.9 Å². The van der Waals surface area contributed by atoms with E-state index in [1.54, 1.807) is 11.9 Å². The molecule has 0 aromatic rings. The topological polar surface area (TPSA) is 29.5 Å². The highest BCUT2D eigenvalue weighted by atomic mass is 79.9. The Labute approximate surface area is 123 Å². The molecule has 0 spiro atoms. The number of aliphatic hydroxyl groups excluding tert-OH is 1. The van der Waals surface area contributed by atoms with Gasteiger partial charge in [0, 0.05) is 12.3 Å². The number of rotatable bonds is 3. The van der Waals surface area contributed by atoms with Crippen LogP contribution in [0.4, 0.5) is 0 Å². The van der Waals surface area contributed by atoms with Crippen LogP contribution in [0.15, 0.2) is 10.0 Å². The van der Waals surface area contributed by atoms with Gasteiger partial charge in [0.05, 0.1) is 21.6 Å². The van der Waals surface area contributed by atoms with Crippen LogP contribution in [0.5, 0.6) is 0 Å². The van der Waals surface area contributed by atoms with Gasteiger partial charge in [0.15, 0.2) is 0 Å². The van der Waals surface area contributed by atoms with Crippen molar-refractivity contribution in [1.82, 2.24) is 0 Å². The molecule has 0 radical (unpaired) electrons. The summed E-state index contributed by atoms with van der Waals surface area (Å²) < 4.78 is 5.49. The number of hydrogen-bond acceptors (Lipinski definition) is 2. The van der Waals surface area contributed by atoms with Crippen molar-refractivity contribution in [2.75, 3.05) is 5.88 Å². The summed E-state index contributed by atoms with van der Waals surface area (Å²) in [6.45, 7) is 3.71. The minimum atomic E-state index is -0.864. The van der Waals surface area contributed by atoms with E-state index < -0.39 is 11.7 Å². The molecular formula is C10H14Br2Cl2O2. The van der Waals surface area contributed by atoms with Crippen LogP contribution in [0.2, 0.25) is 0 Å². The van der Waals surface area contributed by atoms with E-state index in [0.29, 0.717) is 17.3 Å². The van der Waals surface area contributed by atoms with E-state index in [-0.39, 0.29) is 10.4 Å². The van der Waals surface area contributed by atoms with Crippen LogP contribution in [0.1, 0.15) is 20.3 Å². The highest BCUT2D eigenvalue weighted by molar-refractivity contribution is 9.11. The summed E-state index contributed by atoms with van der Waals surface area (Å²) in [4.78, 5) is 1.56. The van der Waals surface area contributed by atoms with Crippen molar-refractivity contribution >= 4 is 55.1 Å². The molecule has 1 N–H and O–H groups in total. The third-order valence-corrected chi connectivity index (χ3v) is 5.84. The van der Waals surface area contributed by atoms with Gasteiger partial charge in [-0.3, -0.25) is 0 Å². The maximum atomic E-state index is 10.0. The molecule has 6 heteroatoms. The van der Waals surface area contributed by atoms with E-state index in [1.165, 1.54) is 0 Å². The van der Waals surface area contributed by atoms with E-state index >= 15 is 0 Å². The highest BCUT2D eigenvalue weighted by Crippen LogP contribution is 2.44. The van der Waals surface area contributed by atoms with Gasteiger partial charge < -0.3 is 9.84 Å². The standard InChI is InChI=1S/C10H14Br2Cl2O2/c1-9(12,5-13)8-3-7(15)10(2,16-8)6(14)4-11/h4,7-8,15H,3,5H2,1-2H3/b6-4-/t7-,8+,9?,10-/m0/s1. The van der Waals surface area contributed by atoms with Gasteiger partial charge >= 0.3 is 0 Å². The van der Waals surface area contributed by atoms with Crippen LogP contribution in [0.3, 0.4) is 0 Å². The Morgan fingerprint density at radius 3 is 2.75 bits per heavy atom. The molecular weight excluding hydrogens is 383 g/mol. The van der Waals surface area contributed by atoms with Gasteiger partial charge in [0.1, 0.15) is 5.60 Å². The quantitative estimate of drug-likeness (QED) is 0.736. The van der Waals surface area contributed by atoms with Gasteiger partial charge in [-0.25, -0.2) is 0 Å². The predicted octanol–water partition coefficient (Wildman–Crippen LogP) is 3.76. The van der Waals surface area contributed by atoms with Crippen LogP contribution in [0, 0.1) is 0 Å². The zero-order valence-electron chi connectivity index (χ0n) is 9.01. The van der Waals surface area contributed by atoms with E-state index in [2.05, 4.69) is 31.9 Å². The Morgan fingerprint density at radius 2 is 2.31 bits per heavy atom. The van der Waals surface area contributed by atoms with Crippen molar-refractivity contribution in [2.45, 2.75) is 42.4 Å². The largest absolute Gasteiger partial charge is 0.390 e. The van der Waals surface area contributed by atoms with E-state index in [0.717, 1.165) is 0 Å². The smallest absolute Gasteiger partial charge is 0.128 e. The van der Waals surface area contributed by atoms with Gasteiger partial charge in [0.2, 0.25) is 0 Å². The van der Waals surface area contributed by atoms with Crippen LogP contribution in [0.25, 0.3) is 0 Å². The van der Waals surface area contributed by atoms with E-state index in [9.17, 15) is 5.11 Å². The molecule has 1 aliphatic rings. The highest BCUT2D eigenvalue weighted by Gasteiger charge is 2.51. The van der Waals surface area contributed by atoms with Gasteiger partial charge in [-0.2, -0.15) is 0 Å². The Kier molecular flexibility index (Phi) is 5.20. The van der Waals surface area contributed by atoms with E-state index in [1.807, 2.05) is 6.92 Å². The Hall–Kier alpha value is 1.20. The molecule has 0 aromatic carbocycles. The molecule has 1 heterocycles. The number of aliphatic hydroxyl groups is 1. The lowest BCUT2D eigenvalue weighted by Gasteiger charge is -2.31. The predicted molar refractivity (Wildman–Crippen MR) is 74.8 cm³/mol. The maximum Gasteiger partial charge on any atom is 0.128 e. The van der Waals surface area contributed by atoms with Crippen LogP contribution >= 0.6 is 55.1 Å². The fourth-order valence-corrected chi connectivity index (χ4v) is 2.71. The van der Waals surface area contributed by atoms with Crippen LogP contribution < -0.4 is 0 Å². The van der Waals surface area contributed by atoms with Crippen molar-refractivity contribution in [1.29, 1.82) is 0 Å². The first kappa shape index (κ1) is 15.3. The molecule has 16 heavy (non-hydrogen) atoms. The first-order chi connectivity index (χ1) is 7.28. The number of ether oxygens (including phenoxy) is 1. The molecule has 1 rings (SSSR count). The minimum absolute atomic E-state index is 0.175. The second-order valence-electron chi connectivity index (χ2n) is 4.33. The third-order valence-electron chi connectivity index (χ3n) is 2.96.